The van der Waals surface area contributed by atoms with Crippen LogP contribution in [0.1, 0.15) is 12.5 Å². The van der Waals surface area contributed by atoms with Crippen LogP contribution in [-0.2, 0) is 11.3 Å². The lowest BCUT2D eigenvalue weighted by atomic mass is 10.1. The zero-order valence-electron chi connectivity index (χ0n) is 12.4. The van der Waals surface area contributed by atoms with Gasteiger partial charge in [-0.1, -0.05) is 24.3 Å². The van der Waals surface area contributed by atoms with E-state index in [0.717, 1.165) is 27.9 Å². The molecule has 0 aliphatic carbocycles. The molecule has 5 nitrogen and oxygen atoms in total. The quantitative estimate of drug-likeness (QED) is 0.535. The second-order valence-corrected chi connectivity index (χ2v) is 5.08. The zero-order chi connectivity index (χ0) is 15.7. The van der Waals surface area contributed by atoms with Crippen molar-refractivity contribution in [3.05, 3.63) is 54.4 Å². The molecule has 1 aliphatic rings. The average molecular weight is 295 g/mol. The number of imide groups is 1. The molecule has 5 heteroatoms. The van der Waals surface area contributed by atoms with Crippen LogP contribution < -0.4 is 5.32 Å². The maximum Gasteiger partial charge on any atom is 0.329 e. The van der Waals surface area contributed by atoms with Gasteiger partial charge in [-0.2, -0.15) is 0 Å². The summed E-state index contributed by atoms with van der Waals surface area (Å²) in [5.74, 6) is -0.321. The first-order chi connectivity index (χ1) is 10.7. The van der Waals surface area contributed by atoms with Crippen LogP contribution in [0.2, 0.25) is 0 Å². The molecule has 1 N–H and O–H groups in total. The van der Waals surface area contributed by atoms with Crippen molar-refractivity contribution in [1.29, 1.82) is 0 Å². The van der Waals surface area contributed by atoms with Crippen molar-refractivity contribution in [2.75, 3.05) is 6.54 Å². The van der Waals surface area contributed by atoms with Crippen LogP contribution in [0.5, 0.6) is 0 Å². The molecule has 0 radical (unpaired) electrons. The number of amides is 3. The molecule has 112 valence electrons. The fourth-order valence-electron chi connectivity index (χ4n) is 2.67. The standard InChI is InChI=1S/C17H17N3O2/c1-3-9-20-16(21)14(18-17(20)22)10-12-11-19(4-2)15-8-6-5-7-13(12)15/h3,5-8,10-11H,1,4,9H2,2H3,(H,18,22)/b14-10+. The predicted molar refractivity (Wildman–Crippen MR) is 86.0 cm³/mol. The molecule has 0 unspecified atom stereocenters. The molecular formula is C17H17N3O2. The van der Waals surface area contributed by atoms with Gasteiger partial charge in [-0.3, -0.25) is 9.69 Å². The van der Waals surface area contributed by atoms with E-state index in [1.54, 1.807) is 6.08 Å². The number of rotatable bonds is 4. The number of nitrogens with zero attached hydrogens (tertiary/aromatic N) is 2. The summed E-state index contributed by atoms with van der Waals surface area (Å²) < 4.78 is 2.12. The largest absolute Gasteiger partial charge is 0.347 e. The van der Waals surface area contributed by atoms with Crippen LogP contribution in [0.3, 0.4) is 0 Å². The molecule has 3 rings (SSSR count). The van der Waals surface area contributed by atoms with Gasteiger partial charge in [-0.15, -0.1) is 6.58 Å². The number of hydrogen-bond acceptors (Lipinski definition) is 2. The van der Waals surface area contributed by atoms with E-state index >= 15 is 0 Å². The van der Waals surface area contributed by atoms with E-state index in [1.165, 1.54) is 6.08 Å². The summed E-state index contributed by atoms with van der Waals surface area (Å²) >= 11 is 0. The molecule has 0 atom stereocenters. The van der Waals surface area contributed by atoms with Gasteiger partial charge >= 0.3 is 6.03 Å². The monoisotopic (exact) mass is 295 g/mol. The minimum absolute atomic E-state index is 0.207. The summed E-state index contributed by atoms with van der Waals surface area (Å²) in [4.78, 5) is 25.2. The summed E-state index contributed by atoms with van der Waals surface area (Å²) in [7, 11) is 0. The zero-order valence-corrected chi connectivity index (χ0v) is 12.4. The van der Waals surface area contributed by atoms with E-state index in [-0.39, 0.29) is 12.5 Å². The highest BCUT2D eigenvalue weighted by atomic mass is 16.2. The van der Waals surface area contributed by atoms with Crippen LogP contribution in [0.25, 0.3) is 17.0 Å². The van der Waals surface area contributed by atoms with Crippen LogP contribution in [0.15, 0.2) is 48.8 Å². The Bertz CT molecular complexity index is 801. The lowest BCUT2D eigenvalue weighted by Gasteiger charge is -2.06. The van der Waals surface area contributed by atoms with Gasteiger partial charge in [0, 0.05) is 35.8 Å². The van der Waals surface area contributed by atoms with Gasteiger partial charge in [0.25, 0.3) is 5.91 Å². The van der Waals surface area contributed by atoms with Crippen molar-refractivity contribution in [3.8, 4) is 0 Å². The average Bonchev–Trinajstić information content (AvgIpc) is 3.01. The molecule has 22 heavy (non-hydrogen) atoms. The number of hydrogen-bond donors (Lipinski definition) is 1. The second kappa shape index (κ2) is 5.52. The summed E-state index contributed by atoms with van der Waals surface area (Å²) in [5, 5.41) is 3.68. The highest BCUT2D eigenvalue weighted by Crippen LogP contribution is 2.24. The number of nitrogens with one attached hydrogen (secondary N) is 1. The predicted octanol–water partition coefficient (Wildman–Crippen LogP) is 2.74. The van der Waals surface area contributed by atoms with E-state index in [1.807, 2.05) is 30.5 Å². The van der Waals surface area contributed by atoms with Crippen LogP contribution in [0, 0.1) is 0 Å². The summed E-state index contributed by atoms with van der Waals surface area (Å²) in [6.07, 6.45) is 5.26. The normalized spacial score (nSPS) is 16.6. The molecule has 1 aliphatic heterocycles. The van der Waals surface area contributed by atoms with Gasteiger partial charge in [0.1, 0.15) is 5.70 Å². The summed E-state index contributed by atoms with van der Waals surface area (Å²) in [5.41, 5.74) is 2.32. The highest BCUT2D eigenvalue weighted by molar-refractivity contribution is 6.14. The first kappa shape index (κ1) is 14.1. The Morgan fingerprint density at radius 2 is 2.05 bits per heavy atom. The number of aromatic nitrogens is 1. The molecule has 1 saturated heterocycles. The fourth-order valence-corrected chi connectivity index (χ4v) is 2.67. The number of benzene rings is 1. The minimum atomic E-state index is -0.407. The molecule has 3 amide bonds. The van der Waals surface area contributed by atoms with Gasteiger partial charge < -0.3 is 9.88 Å². The smallest absolute Gasteiger partial charge is 0.329 e. The Morgan fingerprint density at radius 1 is 1.27 bits per heavy atom. The van der Waals surface area contributed by atoms with Crippen LogP contribution in [-0.4, -0.2) is 28.0 Å². The van der Waals surface area contributed by atoms with Crippen LogP contribution in [0.4, 0.5) is 4.79 Å². The Kier molecular flexibility index (Phi) is 3.55. The van der Waals surface area contributed by atoms with E-state index in [9.17, 15) is 9.59 Å². The number of para-hydroxylation sites is 1. The van der Waals surface area contributed by atoms with Crippen molar-refractivity contribution in [2.45, 2.75) is 13.5 Å². The number of fused-ring (bicyclic) bond motifs is 1. The Labute approximate surface area is 128 Å². The molecule has 0 spiro atoms. The summed E-state index contributed by atoms with van der Waals surface area (Å²) in [6.45, 7) is 6.67. The lowest BCUT2D eigenvalue weighted by molar-refractivity contribution is -0.122. The Hall–Kier alpha value is -2.82. The lowest BCUT2D eigenvalue weighted by Crippen LogP contribution is -2.30. The van der Waals surface area contributed by atoms with E-state index in [2.05, 4.69) is 23.4 Å². The second-order valence-electron chi connectivity index (χ2n) is 5.08. The maximum atomic E-state index is 12.2. The Morgan fingerprint density at radius 3 is 2.77 bits per heavy atom. The van der Waals surface area contributed by atoms with Gasteiger partial charge in [0.05, 0.1) is 0 Å². The molecule has 2 aromatic rings. The SMILES string of the molecule is C=CCN1C(=O)N/C(=C/c2cn(CC)c3ccccc23)C1=O. The molecule has 1 aromatic carbocycles. The molecular weight excluding hydrogens is 278 g/mol. The third-order valence-corrected chi connectivity index (χ3v) is 3.73. The number of carbonyl (C=O) groups excluding carboxylic acids is 2. The number of carbonyl (C=O) groups is 2. The van der Waals surface area contributed by atoms with Gasteiger partial charge in [0.15, 0.2) is 0 Å². The fraction of sp³-hybridized carbons (Fsp3) is 0.176. The molecule has 0 bridgehead atoms. The van der Waals surface area contributed by atoms with Crippen LogP contribution >= 0.6 is 0 Å². The molecule has 2 heterocycles. The van der Waals surface area contributed by atoms with E-state index < -0.39 is 6.03 Å². The van der Waals surface area contributed by atoms with Gasteiger partial charge in [-0.25, -0.2) is 4.79 Å². The topological polar surface area (TPSA) is 54.3 Å². The summed E-state index contributed by atoms with van der Waals surface area (Å²) in [6, 6.07) is 7.59. The van der Waals surface area contributed by atoms with Crippen molar-refractivity contribution >= 4 is 28.9 Å². The maximum absolute atomic E-state index is 12.2. The van der Waals surface area contributed by atoms with Crippen molar-refractivity contribution in [2.24, 2.45) is 0 Å². The number of urea groups is 1. The first-order valence-corrected chi connectivity index (χ1v) is 7.19. The first-order valence-electron chi connectivity index (χ1n) is 7.19. The van der Waals surface area contributed by atoms with E-state index in [4.69, 9.17) is 0 Å². The third-order valence-electron chi connectivity index (χ3n) is 3.73. The van der Waals surface area contributed by atoms with Crippen molar-refractivity contribution in [1.82, 2.24) is 14.8 Å². The number of aryl methyl sites for hydroxylation is 1. The minimum Gasteiger partial charge on any atom is -0.347 e. The molecule has 0 saturated carbocycles. The van der Waals surface area contributed by atoms with E-state index in [0.29, 0.717) is 5.70 Å². The van der Waals surface area contributed by atoms with Crippen molar-refractivity contribution < 1.29 is 9.59 Å². The molecule has 1 aromatic heterocycles. The Balaban J connectivity index is 2.04. The molecule has 1 fully saturated rings. The van der Waals surface area contributed by atoms with Gasteiger partial charge in [-0.05, 0) is 19.1 Å². The third kappa shape index (κ3) is 2.20. The van der Waals surface area contributed by atoms with Crippen molar-refractivity contribution in [3.63, 3.8) is 0 Å². The highest BCUT2D eigenvalue weighted by Gasteiger charge is 2.32. The van der Waals surface area contributed by atoms with Gasteiger partial charge in [0.2, 0.25) is 0 Å².